The maximum absolute atomic E-state index is 12.8. The Hall–Kier alpha value is -4.25. The van der Waals surface area contributed by atoms with Crippen LogP contribution in [-0.4, -0.2) is 41.1 Å². The van der Waals surface area contributed by atoms with Crippen molar-refractivity contribution in [1.82, 2.24) is 10.9 Å². The second-order valence-corrected chi connectivity index (χ2v) is 8.78. The van der Waals surface area contributed by atoms with Crippen molar-refractivity contribution in [1.29, 1.82) is 0 Å². The molecule has 0 heterocycles. The molecule has 0 saturated carbocycles. The number of hydrogen-bond donors (Lipinski definition) is 3. The van der Waals surface area contributed by atoms with E-state index in [1.807, 2.05) is 6.92 Å². The Morgan fingerprint density at radius 3 is 1.94 bits per heavy atom. The van der Waals surface area contributed by atoms with E-state index in [9.17, 15) is 18.0 Å². The summed E-state index contributed by atoms with van der Waals surface area (Å²) in [4.78, 5) is 24.9. The Bertz CT molecular complexity index is 1290. The first-order chi connectivity index (χ1) is 16.7. The normalized spacial score (nSPS) is 10.7. The van der Waals surface area contributed by atoms with E-state index < -0.39 is 21.8 Å². The number of ether oxygens (including phenoxy) is 3. The Balaban J connectivity index is 1.68. The number of hydrazine groups is 1. The van der Waals surface area contributed by atoms with Crippen molar-refractivity contribution in [2.45, 2.75) is 11.8 Å². The van der Waals surface area contributed by atoms with E-state index in [2.05, 4.69) is 15.6 Å². The third-order valence-electron chi connectivity index (χ3n) is 4.73. The molecule has 0 aliphatic heterocycles. The number of carbonyl (C=O) groups excluding carboxylic acids is 2. The van der Waals surface area contributed by atoms with Gasteiger partial charge in [0.25, 0.3) is 21.8 Å². The van der Waals surface area contributed by atoms with Gasteiger partial charge in [-0.25, -0.2) is 8.42 Å². The standard InChI is InChI=1S/C24H25N3O7S/c1-4-34-19-10-8-18(9-11-19)27-35(30,31)22-7-5-6-16(14-22)23(28)25-26-24(29)17-12-20(32-2)15-21(13-17)33-3/h5-15,27H,4H2,1-3H3,(H,25,28)(H,26,29). The molecule has 0 unspecified atom stereocenters. The highest BCUT2D eigenvalue weighted by molar-refractivity contribution is 7.92. The van der Waals surface area contributed by atoms with Crippen molar-refractivity contribution in [2.75, 3.05) is 25.5 Å². The first-order valence-corrected chi connectivity index (χ1v) is 11.9. The number of sulfonamides is 1. The maximum Gasteiger partial charge on any atom is 0.269 e. The molecule has 0 aliphatic carbocycles. The number of carbonyl (C=O) groups is 2. The SMILES string of the molecule is CCOc1ccc(NS(=O)(=O)c2cccc(C(=O)NNC(=O)c3cc(OC)cc(OC)c3)c2)cc1. The third-order valence-corrected chi connectivity index (χ3v) is 6.11. The van der Waals surface area contributed by atoms with E-state index in [0.717, 1.165) is 0 Å². The molecule has 0 radical (unpaired) electrons. The molecule has 0 saturated heterocycles. The van der Waals surface area contributed by atoms with Gasteiger partial charge in [0, 0.05) is 22.9 Å². The molecule has 3 aromatic rings. The molecule has 3 N–H and O–H groups in total. The van der Waals surface area contributed by atoms with Crippen molar-refractivity contribution in [3.8, 4) is 17.2 Å². The fraction of sp³-hybridized carbons (Fsp3) is 0.167. The summed E-state index contributed by atoms with van der Waals surface area (Å²) in [5.41, 5.74) is 5.12. The molecule has 0 atom stereocenters. The van der Waals surface area contributed by atoms with Gasteiger partial charge in [0.15, 0.2) is 0 Å². The highest BCUT2D eigenvalue weighted by Gasteiger charge is 2.17. The van der Waals surface area contributed by atoms with Crippen molar-refractivity contribution in [3.05, 3.63) is 77.9 Å². The molecule has 35 heavy (non-hydrogen) atoms. The molecule has 3 aromatic carbocycles. The van der Waals surface area contributed by atoms with Crippen LogP contribution in [0.25, 0.3) is 0 Å². The lowest BCUT2D eigenvalue weighted by atomic mass is 10.2. The van der Waals surface area contributed by atoms with Gasteiger partial charge < -0.3 is 14.2 Å². The van der Waals surface area contributed by atoms with Gasteiger partial charge >= 0.3 is 0 Å². The minimum Gasteiger partial charge on any atom is -0.497 e. The first-order valence-electron chi connectivity index (χ1n) is 10.4. The molecule has 0 bridgehead atoms. The summed E-state index contributed by atoms with van der Waals surface area (Å²) in [6, 6.07) is 16.4. The van der Waals surface area contributed by atoms with E-state index in [0.29, 0.717) is 29.5 Å². The van der Waals surface area contributed by atoms with Crippen LogP contribution >= 0.6 is 0 Å². The Morgan fingerprint density at radius 2 is 1.37 bits per heavy atom. The van der Waals surface area contributed by atoms with Crippen molar-refractivity contribution < 1.29 is 32.2 Å². The van der Waals surface area contributed by atoms with E-state index in [-0.39, 0.29) is 16.0 Å². The molecular weight excluding hydrogens is 474 g/mol. The van der Waals surface area contributed by atoms with Gasteiger partial charge in [-0.1, -0.05) is 6.07 Å². The highest BCUT2D eigenvalue weighted by atomic mass is 32.2. The minimum atomic E-state index is -3.97. The molecule has 0 fully saturated rings. The second kappa shape index (κ2) is 11.3. The molecular formula is C24H25N3O7S. The largest absolute Gasteiger partial charge is 0.497 e. The summed E-state index contributed by atoms with van der Waals surface area (Å²) in [5, 5.41) is 0. The zero-order valence-corrected chi connectivity index (χ0v) is 20.1. The number of methoxy groups -OCH3 is 2. The number of rotatable bonds is 9. The van der Waals surface area contributed by atoms with E-state index in [4.69, 9.17) is 14.2 Å². The quantitative estimate of drug-likeness (QED) is 0.386. The lowest BCUT2D eigenvalue weighted by Crippen LogP contribution is -2.41. The van der Waals surface area contributed by atoms with Crippen LogP contribution in [0.5, 0.6) is 17.2 Å². The zero-order chi connectivity index (χ0) is 25.4. The maximum atomic E-state index is 12.8. The van der Waals surface area contributed by atoms with Crippen LogP contribution in [0.4, 0.5) is 5.69 Å². The summed E-state index contributed by atoms with van der Waals surface area (Å²) in [6.07, 6.45) is 0. The Kier molecular flexibility index (Phi) is 8.16. The van der Waals surface area contributed by atoms with Gasteiger partial charge in [0.05, 0.1) is 25.7 Å². The molecule has 2 amide bonds. The van der Waals surface area contributed by atoms with E-state index in [1.54, 1.807) is 30.3 Å². The van der Waals surface area contributed by atoms with Crippen LogP contribution in [0.15, 0.2) is 71.6 Å². The van der Waals surface area contributed by atoms with Gasteiger partial charge in [0.1, 0.15) is 17.2 Å². The summed E-state index contributed by atoms with van der Waals surface area (Å²) in [5.74, 6) is 0.101. The number of amides is 2. The number of nitrogens with one attached hydrogen (secondary N) is 3. The lowest BCUT2D eigenvalue weighted by molar-refractivity contribution is 0.0846. The molecule has 10 nitrogen and oxygen atoms in total. The first kappa shape index (κ1) is 25.4. The van der Waals surface area contributed by atoms with Gasteiger partial charge in [-0.15, -0.1) is 0 Å². The molecule has 0 spiro atoms. The van der Waals surface area contributed by atoms with E-state index in [1.165, 1.54) is 50.6 Å². The van der Waals surface area contributed by atoms with Crippen LogP contribution in [0.2, 0.25) is 0 Å². The number of anilines is 1. The molecule has 0 aliphatic rings. The van der Waals surface area contributed by atoms with Gasteiger partial charge in [-0.05, 0) is 61.5 Å². The van der Waals surface area contributed by atoms with Crippen molar-refractivity contribution in [3.63, 3.8) is 0 Å². The van der Waals surface area contributed by atoms with E-state index >= 15 is 0 Å². The van der Waals surface area contributed by atoms with Crippen LogP contribution in [-0.2, 0) is 10.0 Å². The van der Waals surface area contributed by atoms with Gasteiger partial charge in [-0.2, -0.15) is 0 Å². The van der Waals surface area contributed by atoms with Crippen LogP contribution < -0.4 is 29.8 Å². The predicted octanol–water partition coefficient (Wildman–Crippen LogP) is 2.98. The molecule has 0 aromatic heterocycles. The number of benzene rings is 3. The molecule has 184 valence electrons. The third kappa shape index (κ3) is 6.64. The van der Waals surface area contributed by atoms with Crippen molar-refractivity contribution >= 4 is 27.5 Å². The van der Waals surface area contributed by atoms with Gasteiger partial charge in [0.2, 0.25) is 0 Å². The average Bonchev–Trinajstić information content (AvgIpc) is 2.87. The fourth-order valence-electron chi connectivity index (χ4n) is 3.00. The monoisotopic (exact) mass is 499 g/mol. The predicted molar refractivity (Wildman–Crippen MR) is 129 cm³/mol. The Labute approximate surface area is 203 Å². The van der Waals surface area contributed by atoms with Crippen LogP contribution in [0, 0.1) is 0 Å². The van der Waals surface area contributed by atoms with Crippen LogP contribution in [0.1, 0.15) is 27.6 Å². The fourth-order valence-corrected chi connectivity index (χ4v) is 4.10. The molecule has 3 rings (SSSR count). The average molecular weight is 500 g/mol. The zero-order valence-electron chi connectivity index (χ0n) is 19.3. The van der Waals surface area contributed by atoms with Crippen molar-refractivity contribution in [2.24, 2.45) is 0 Å². The summed E-state index contributed by atoms with van der Waals surface area (Å²) in [7, 11) is -1.07. The highest BCUT2D eigenvalue weighted by Crippen LogP contribution is 2.23. The number of hydrogen-bond acceptors (Lipinski definition) is 7. The van der Waals surface area contributed by atoms with Crippen LogP contribution in [0.3, 0.4) is 0 Å². The lowest BCUT2D eigenvalue weighted by Gasteiger charge is -2.12. The summed E-state index contributed by atoms with van der Waals surface area (Å²) >= 11 is 0. The minimum absolute atomic E-state index is 0.0306. The topological polar surface area (TPSA) is 132 Å². The second-order valence-electron chi connectivity index (χ2n) is 7.10. The summed E-state index contributed by atoms with van der Waals surface area (Å²) < 4.78 is 43.6. The van der Waals surface area contributed by atoms with Gasteiger partial charge in [-0.3, -0.25) is 25.2 Å². The molecule has 11 heteroatoms. The smallest absolute Gasteiger partial charge is 0.269 e. The summed E-state index contributed by atoms with van der Waals surface area (Å²) in [6.45, 7) is 2.34. The Morgan fingerprint density at radius 1 is 0.771 bits per heavy atom.